The zero-order valence-electron chi connectivity index (χ0n) is 18.0. The number of rotatable bonds is 1. The van der Waals surface area contributed by atoms with E-state index in [1.165, 1.54) is 10.6 Å². The molecule has 34 heavy (non-hydrogen) atoms. The van der Waals surface area contributed by atoms with Crippen LogP contribution in [0, 0.1) is 17.1 Å². The van der Waals surface area contributed by atoms with E-state index in [4.69, 9.17) is 10.5 Å². The van der Waals surface area contributed by atoms with E-state index in [0.717, 1.165) is 11.8 Å². The largest absolute Gasteiger partial charge is 0.473 e. The summed E-state index contributed by atoms with van der Waals surface area (Å²) < 4.78 is 21.1. The topological polar surface area (TPSA) is 143 Å². The van der Waals surface area contributed by atoms with Crippen molar-refractivity contribution < 1.29 is 13.9 Å². The Morgan fingerprint density at radius 2 is 2.06 bits per heavy atom. The molecule has 0 saturated carbocycles. The van der Waals surface area contributed by atoms with Crippen LogP contribution in [0.15, 0.2) is 42.6 Å². The molecule has 1 atom stereocenters. The van der Waals surface area contributed by atoms with Gasteiger partial charge < -0.3 is 21.1 Å². The number of benzene rings is 1. The third kappa shape index (κ3) is 3.61. The lowest BCUT2D eigenvalue weighted by atomic mass is 10.1. The van der Waals surface area contributed by atoms with Crippen LogP contribution < -0.4 is 21.1 Å². The molecule has 0 aliphatic carbocycles. The first-order valence-electron chi connectivity index (χ1n) is 10.5. The molecular weight excluding hydrogens is 439 g/mol. The van der Waals surface area contributed by atoms with Crippen LogP contribution >= 0.6 is 0 Å². The SMILES string of the molecule is CC1CNC(=O)c2c(C#N)nn3c(N)c(-c4ccccc4)c(nc23)NCc2cc(F)cnc2O1. The standard InChI is InChI=1S/C23H19FN8O2/c1-12-9-28-22(33)18-16(8-25)31-32-19(26)17(13-5-3-2-4-6-13)20(30-21(18)32)27-10-14-7-15(24)11-29-23(14)34-12/h2-7,11-12H,9-10,26H2,1H3,(H,27,30)(H,28,33). The highest BCUT2D eigenvalue weighted by Crippen LogP contribution is 2.35. The predicted octanol–water partition coefficient (Wildman–Crippen LogP) is 2.51. The molecule has 4 heterocycles. The highest BCUT2D eigenvalue weighted by molar-refractivity contribution is 6.03. The number of anilines is 2. The van der Waals surface area contributed by atoms with Crippen LogP contribution in [0.1, 0.15) is 28.5 Å². The van der Waals surface area contributed by atoms with E-state index in [1.807, 2.05) is 36.4 Å². The van der Waals surface area contributed by atoms with Crippen LogP contribution in [0.5, 0.6) is 5.88 Å². The van der Waals surface area contributed by atoms with Gasteiger partial charge in [-0.25, -0.2) is 14.4 Å². The van der Waals surface area contributed by atoms with Gasteiger partial charge in [-0.05, 0) is 18.6 Å². The van der Waals surface area contributed by atoms with E-state index in [0.29, 0.717) is 16.9 Å². The first kappa shape index (κ1) is 21.1. The number of pyridine rings is 1. The molecule has 1 amide bonds. The average Bonchev–Trinajstić information content (AvgIpc) is 3.22. The highest BCUT2D eigenvalue weighted by atomic mass is 19.1. The van der Waals surface area contributed by atoms with Crippen molar-refractivity contribution in [1.29, 1.82) is 5.26 Å². The Balaban J connectivity index is 1.76. The van der Waals surface area contributed by atoms with Crippen molar-refractivity contribution in [1.82, 2.24) is 24.9 Å². The number of carbonyl (C=O) groups excluding carboxylic acids is 1. The van der Waals surface area contributed by atoms with Crippen LogP contribution in [-0.2, 0) is 6.54 Å². The fourth-order valence-corrected chi connectivity index (χ4v) is 3.81. The fourth-order valence-electron chi connectivity index (χ4n) is 3.81. The van der Waals surface area contributed by atoms with Gasteiger partial charge in [-0.15, -0.1) is 0 Å². The minimum Gasteiger partial charge on any atom is -0.473 e. The number of ether oxygens (including phenoxy) is 1. The summed E-state index contributed by atoms with van der Waals surface area (Å²) in [5.41, 5.74) is 8.24. The van der Waals surface area contributed by atoms with Crippen molar-refractivity contribution in [3.05, 3.63) is 65.2 Å². The van der Waals surface area contributed by atoms with Gasteiger partial charge in [0.2, 0.25) is 5.88 Å². The van der Waals surface area contributed by atoms with E-state index in [-0.39, 0.29) is 41.7 Å². The van der Waals surface area contributed by atoms with E-state index in [9.17, 15) is 14.4 Å². The van der Waals surface area contributed by atoms with Gasteiger partial charge in [0.1, 0.15) is 35.2 Å². The van der Waals surface area contributed by atoms with Gasteiger partial charge in [-0.1, -0.05) is 30.3 Å². The Morgan fingerprint density at radius 1 is 1.26 bits per heavy atom. The molecule has 11 heteroatoms. The molecule has 10 nitrogen and oxygen atoms in total. The van der Waals surface area contributed by atoms with Gasteiger partial charge in [0.05, 0.1) is 18.3 Å². The summed E-state index contributed by atoms with van der Waals surface area (Å²) in [5.74, 6) is -0.314. The van der Waals surface area contributed by atoms with Crippen LogP contribution in [0.3, 0.4) is 0 Å². The van der Waals surface area contributed by atoms with E-state index in [1.54, 1.807) is 6.92 Å². The van der Waals surface area contributed by atoms with Crippen molar-refractivity contribution in [2.24, 2.45) is 0 Å². The van der Waals surface area contributed by atoms with Crippen LogP contribution in [0.25, 0.3) is 16.8 Å². The zero-order valence-corrected chi connectivity index (χ0v) is 18.0. The van der Waals surface area contributed by atoms with Crippen molar-refractivity contribution in [2.75, 3.05) is 17.6 Å². The lowest BCUT2D eigenvalue weighted by Gasteiger charge is -2.18. The molecule has 1 aliphatic rings. The van der Waals surface area contributed by atoms with Crippen LogP contribution in [0.4, 0.5) is 16.0 Å². The van der Waals surface area contributed by atoms with Crippen molar-refractivity contribution in [3.63, 3.8) is 0 Å². The van der Waals surface area contributed by atoms with Gasteiger partial charge in [-0.3, -0.25) is 4.79 Å². The Kier molecular flexibility index (Phi) is 5.18. The lowest BCUT2D eigenvalue weighted by Crippen LogP contribution is -2.34. The smallest absolute Gasteiger partial charge is 0.258 e. The third-order valence-corrected chi connectivity index (χ3v) is 5.40. The first-order valence-corrected chi connectivity index (χ1v) is 10.5. The number of fused-ring (bicyclic) bond motifs is 2. The predicted molar refractivity (Wildman–Crippen MR) is 121 cm³/mol. The van der Waals surface area contributed by atoms with E-state index in [2.05, 4.69) is 25.7 Å². The number of aromatic nitrogens is 4. The molecule has 0 fully saturated rings. The molecule has 0 spiro atoms. The molecule has 3 aromatic heterocycles. The number of halogens is 1. The molecular formula is C23H19FN8O2. The highest BCUT2D eigenvalue weighted by Gasteiger charge is 2.27. The lowest BCUT2D eigenvalue weighted by molar-refractivity contribution is 0.0931. The summed E-state index contributed by atoms with van der Waals surface area (Å²) in [4.78, 5) is 21.7. The number of nitrogens with one attached hydrogen (secondary N) is 2. The van der Waals surface area contributed by atoms with Gasteiger partial charge in [0.25, 0.3) is 5.91 Å². The minimum absolute atomic E-state index is 0.00462. The second-order valence-electron chi connectivity index (χ2n) is 7.77. The summed E-state index contributed by atoms with van der Waals surface area (Å²) in [5, 5.41) is 19.8. The van der Waals surface area contributed by atoms with Crippen molar-refractivity contribution in [2.45, 2.75) is 19.6 Å². The van der Waals surface area contributed by atoms with Crippen LogP contribution in [0.2, 0.25) is 0 Å². The number of nitrogens with zero attached hydrogens (tertiary/aromatic N) is 5. The maximum Gasteiger partial charge on any atom is 0.258 e. The molecule has 4 N–H and O–H groups in total. The fraction of sp³-hybridized carbons (Fsp3) is 0.174. The van der Waals surface area contributed by atoms with Gasteiger partial charge in [0, 0.05) is 12.1 Å². The summed E-state index contributed by atoms with van der Waals surface area (Å²) in [7, 11) is 0. The Hall–Kier alpha value is -4.72. The Morgan fingerprint density at radius 3 is 2.82 bits per heavy atom. The summed E-state index contributed by atoms with van der Waals surface area (Å²) in [6, 6.07) is 12.5. The maximum absolute atomic E-state index is 14.0. The monoisotopic (exact) mass is 458 g/mol. The number of nitriles is 1. The molecule has 2 bridgehead atoms. The number of nitrogen functional groups attached to an aromatic ring is 1. The first-order chi connectivity index (χ1) is 16.5. The minimum atomic E-state index is -0.543. The third-order valence-electron chi connectivity index (χ3n) is 5.40. The molecule has 5 rings (SSSR count). The van der Waals surface area contributed by atoms with E-state index < -0.39 is 17.8 Å². The summed E-state index contributed by atoms with van der Waals surface area (Å²) >= 11 is 0. The summed E-state index contributed by atoms with van der Waals surface area (Å²) in [6.07, 6.45) is 0.580. The second kappa shape index (κ2) is 8.32. The van der Waals surface area contributed by atoms with E-state index >= 15 is 0 Å². The van der Waals surface area contributed by atoms with Crippen LogP contribution in [-0.4, -0.2) is 38.1 Å². The number of nitrogens with two attached hydrogens (primary N) is 1. The molecule has 0 radical (unpaired) electrons. The Bertz CT molecular complexity index is 1460. The average molecular weight is 458 g/mol. The number of hydrogen-bond acceptors (Lipinski definition) is 8. The molecule has 1 aliphatic heterocycles. The molecule has 0 saturated heterocycles. The molecule has 4 aromatic rings. The number of carbonyl (C=O) groups is 1. The molecule has 170 valence electrons. The molecule has 1 unspecified atom stereocenters. The quantitative estimate of drug-likeness (QED) is 0.395. The van der Waals surface area contributed by atoms with Gasteiger partial charge >= 0.3 is 0 Å². The van der Waals surface area contributed by atoms with Crippen molar-refractivity contribution in [3.8, 4) is 23.1 Å². The maximum atomic E-state index is 14.0. The number of hydrogen-bond donors (Lipinski definition) is 3. The summed E-state index contributed by atoms with van der Waals surface area (Å²) in [6.45, 7) is 1.97. The molecule has 1 aromatic carbocycles. The normalized spacial score (nSPS) is 15.7. The second-order valence-corrected chi connectivity index (χ2v) is 7.77. The van der Waals surface area contributed by atoms with Gasteiger partial charge in [0.15, 0.2) is 11.3 Å². The zero-order chi connectivity index (χ0) is 23.8. The van der Waals surface area contributed by atoms with Gasteiger partial charge in [-0.2, -0.15) is 14.9 Å². The Labute approximate surface area is 193 Å². The van der Waals surface area contributed by atoms with Crippen molar-refractivity contribution >= 4 is 23.2 Å². The number of amides is 1.